The molecule has 262 valence electrons. The summed E-state index contributed by atoms with van der Waals surface area (Å²) < 4.78 is 0. The van der Waals surface area contributed by atoms with Gasteiger partial charge in [0.1, 0.15) is 0 Å². The van der Waals surface area contributed by atoms with Crippen molar-refractivity contribution in [3.05, 3.63) is 174 Å². The van der Waals surface area contributed by atoms with Gasteiger partial charge in [-0.25, -0.2) is 0 Å². The summed E-state index contributed by atoms with van der Waals surface area (Å²) in [6, 6.07) is 58.1. The molecule has 4 bridgehead atoms. The summed E-state index contributed by atoms with van der Waals surface area (Å²) in [5, 5.41) is 2.58. The summed E-state index contributed by atoms with van der Waals surface area (Å²) >= 11 is 0. The number of hydrogen-bond donors (Lipinski definition) is 0. The van der Waals surface area contributed by atoms with Gasteiger partial charge in [0.05, 0.1) is 5.69 Å². The van der Waals surface area contributed by atoms with Crippen LogP contribution < -0.4 is 4.90 Å². The summed E-state index contributed by atoms with van der Waals surface area (Å²) in [4.78, 5) is 2.64. The van der Waals surface area contributed by atoms with Crippen LogP contribution in [0, 0.1) is 23.7 Å². The van der Waals surface area contributed by atoms with Crippen molar-refractivity contribution in [1.29, 1.82) is 0 Å². The van der Waals surface area contributed by atoms with Crippen molar-refractivity contribution in [2.24, 2.45) is 23.7 Å². The molecule has 0 N–H and O–H groups in total. The molecule has 0 radical (unpaired) electrons. The third-order valence-corrected chi connectivity index (χ3v) is 14.8. The number of benzene rings is 7. The first kappa shape index (κ1) is 31.0. The molecule has 0 unspecified atom stereocenters. The first-order valence-electron chi connectivity index (χ1n) is 20.4. The fourth-order valence-electron chi connectivity index (χ4n) is 12.9. The Balaban J connectivity index is 1.09. The molecule has 0 aromatic heterocycles. The minimum atomic E-state index is -0.0800. The van der Waals surface area contributed by atoms with E-state index in [1.54, 1.807) is 11.1 Å². The van der Waals surface area contributed by atoms with Crippen LogP contribution in [0.5, 0.6) is 0 Å². The molecule has 54 heavy (non-hydrogen) atoms. The molecule has 1 heteroatoms. The van der Waals surface area contributed by atoms with Crippen LogP contribution in [0.3, 0.4) is 0 Å². The predicted molar refractivity (Wildman–Crippen MR) is 225 cm³/mol. The molecule has 6 aliphatic carbocycles. The second-order valence-electron chi connectivity index (χ2n) is 17.7. The summed E-state index contributed by atoms with van der Waals surface area (Å²) in [6.45, 7) is 4.82. The van der Waals surface area contributed by atoms with Crippen LogP contribution in [0.2, 0.25) is 0 Å². The summed E-state index contributed by atoms with van der Waals surface area (Å²) in [7, 11) is 0. The highest BCUT2D eigenvalue weighted by molar-refractivity contribution is 5.97. The molecule has 6 aliphatic rings. The van der Waals surface area contributed by atoms with E-state index >= 15 is 0 Å². The van der Waals surface area contributed by atoms with Crippen LogP contribution >= 0.6 is 0 Å². The lowest BCUT2D eigenvalue weighted by Crippen LogP contribution is -2.55. The Labute approximate surface area is 319 Å². The zero-order chi connectivity index (χ0) is 35.8. The van der Waals surface area contributed by atoms with E-state index in [1.165, 1.54) is 104 Å². The zero-order valence-corrected chi connectivity index (χ0v) is 31.2. The molecule has 0 atom stereocenters. The van der Waals surface area contributed by atoms with Crippen molar-refractivity contribution in [3.63, 3.8) is 0 Å². The van der Waals surface area contributed by atoms with Crippen LogP contribution in [-0.2, 0) is 10.8 Å². The lowest BCUT2D eigenvalue weighted by Gasteiger charge is -2.61. The third-order valence-electron chi connectivity index (χ3n) is 14.8. The van der Waals surface area contributed by atoms with E-state index in [4.69, 9.17) is 0 Å². The second kappa shape index (κ2) is 11.1. The molecule has 7 aromatic carbocycles. The van der Waals surface area contributed by atoms with Gasteiger partial charge in [-0.05, 0) is 153 Å². The molecule has 0 aliphatic heterocycles. The highest BCUT2D eigenvalue weighted by Crippen LogP contribution is 2.71. The molecule has 4 saturated carbocycles. The second-order valence-corrected chi connectivity index (χ2v) is 17.7. The number of nitrogens with zero attached hydrogens (tertiary/aromatic N) is 1. The molecule has 0 amide bonds. The van der Waals surface area contributed by atoms with E-state index in [9.17, 15) is 0 Å². The fraction of sp³-hybridized carbons (Fsp3) is 0.245. The SMILES string of the molecule is CC1(C)c2ccccc2-c2ccc(N(c3ccc(-c4cccc5ccccc45)cc3)c3cccc4c3C3(c5ccccc5-4)C4CC5CC(C4)CC3C5)cc21. The minimum absolute atomic E-state index is 0.0588. The van der Waals surface area contributed by atoms with Crippen molar-refractivity contribution < 1.29 is 0 Å². The van der Waals surface area contributed by atoms with Gasteiger partial charge in [0.2, 0.25) is 0 Å². The van der Waals surface area contributed by atoms with Crippen LogP contribution in [0.25, 0.3) is 44.2 Å². The Morgan fingerprint density at radius 3 is 1.81 bits per heavy atom. The Hall–Kier alpha value is -5.40. The first-order chi connectivity index (χ1) is 26.5. The predicted octanol–water partition coefficient (Wildman–Crippen LogP) is 14.0. The minimum Gasteiger partial charge on any atom is -0.310 e. The topological polar surface area (TPSA) is 3.24 Å². The fourth-order valence-corrected chi connectivity index (χ4v) is 12.9. The monoisotopic (exact) mass is 695 g/mol. The van der Waals surface area contributed by atoms with E-state index in [-0.39, 0.29) is 10.8 Å². The van der Waals surface area contributed by atoms with Crippen molar-refractivity contribution in [1.82, 2.24) is 0 Å². The van der Waals surface area contributed by atoms with Crippen molar-refractivity contribution in [2.45, 2.75) is 56.8 Å². The normalized spacial score (nSPS) is 24.7. The molecular formula is C53H45N. The van der Waals surface area contributed by atoms with Gasteiger partial charge in [0, 0.05) is 22.2 Å². The van der Waals surface area contributed by atoms with Crippen molar-refractivity contribution in [3.8, 4) is 33.4 Å². The molecule has 13 rings (SSSR count). The van der Waals surface area contributed by atoms with E-state index in [1.807, 2.05) is 0 Å². The number of hydrogen-bond acceptors (Lipinski definition) is 1. The molecule has 0 saturated heterocycles. The van der Waals surface area contributed by atoms with Gasteiger partial charge in [0.15, 0.2) is 0 Å². The first-order valence-corrected chi connectivity index (χ1v) is 20.4. The van der Waals surface area contributed by atoms with Gasteiger partial charge >= 0.3 is 0 Å². The standard InChI is InChI=1S/C53H45N/c1-52(2)47-18-7-5-14-43(47)45-26-25-40(32-49(45)52)54(39-23-21-36(22-24-39)42-16-9-12-35-11-3-4-13-41(35)42)50-20-10-17-46-44-15-6-8-19-48(44)53(51(46)50)37-28-33-27-34(30-37)31-38(53)29-33/h3-26,32-34,37-38H,27-31H2,1-2H3. The maximum absolute atomic E-state index is 2.64. The maximum Gasteiger partial charge on any atom is 0.0509 e. The number of anilines is 3. The molecule has 1 spiro atoms. The van der Waals surface area contributed by atoms with Gasteiger partial charge in [-0.3, -0.25) is 0 Å². The summed E-state index contributed by atoms with van der Waals surface area (Å²) in [6.07, 6.45) is 6.96. The van der Waals surface area contributed by atoms with Crippen molar-refractivity contribution in [2.75, 3.05) is 4.90 Å². The number of rotatable bonds is 4. The molecule has 4 fully saturated rings. The molecule has 7 aromatic rings. The molecule has 1 nitrogen and oxygen atoms in total. The Morgan fingerprint density at radius 2 is 1.04 bits per heavy atom. The quantitative estimate of drug-likeness (QED) is 0.177. The van der Waals surface area contributed by atoms with Gasteiger partial charge in [-0.1, -0.05) is 135 Å². The van der Waals surface area contributed by atoms with Gasteiger partial charge < -0.3 is 4.90 Å². The average Bonchev–Trinajstić information content (AvgIpc) is 3.63. The van der Waals surface area contributed by atoms with Gasteiger partial charge in [-0.15, -0.1) is 0 Å². The van der Waals surface area contributed by atoms with Crippen LogP contribution in [-0.4, -0.2) is 0 Å². The van der Waals surface area contributed by atoms with E-state index < -0.39 is 0 Å². The third kappa shape index (κ3) is 4.05. The highest BCUT2D eigenvalue weighted by atomic mass is 15.1. The van der Waals surface area contributed by atoms with Crippen molar-refractivity contribution >= 4 is 27.8 Å². The Morgan fingerprint density at radius 1 is 0.463 bits per heavy atom. The lowest BCUT2D eigenvalue weighted by molar-refractivity contribution is -0.0397. The highest BCUT2D eigenvalue weighted by Gasteiger charge is 2.62. The van der Waals surface area contributed by atoms with Crippen LogP contribution in [0.1, 0.15) is 68.2 Å². The Kier molecular flexibility index (Phi) is 6.36. The lowest BCUT2D eigenvalue weighted by atomic mass is 9.43. The average molecular weight is 696 g/mol. The van der Waals surface area contributed by atoms with Gasteiger partial charge in [0.25, 0.3) is 0 Å². The Bertz CT molecular complexity index is 2630. The van der Waals surface area contributed by atoms with E-state index in [0.717, 1.165) is 11.8 Å². The van der Waals surface area contributed by atoms with E-state index in [2.05, 4.69) is 170 Å². The smallest absolute Gasteiger partial charge is 0.0509 e. The summed E-state index contributed by atoms with van der Waals surface area (Å²) in [5.74, 6) is 3.20. The van der Waals surface area contributed by atoms with Crippen LogP contribution in [0.4, 0.5) is 17.1 Å². The van der Waals surface area contributed by atoms with Crippen LogP contribution in [0.15, 0.2) is 152 Å². The largest absolute Gasteiger partial charge is 0.310 e. The maximum atomic E-state index is 2.64. The van der Waals surface area contributed by atoms with Gasteiger partial charge in [-0.2, -0.15) is 0 Å². The molecular weight excluding hydrogens is 651 g/mol. The molecule has 0 heterocycles. The van der Waals surface area contributed by atoms with E-state index in [0.29, 0.717) is 11.8 Å². The summed E-state index contributed by atoms with van der Waals surface area (Å²) in [5.41, 5.74) is 18.1. The number of fused-ring (bicyclic) bond motifs is 7. The zero-order valence-electron chi connectivity index (χ0n) is 31.2.